The SMILES string of the molecule is O=C1CC(c2ncncn2)CN1. The van der Waals surface area contributed by atoms with E-state index < -0.39 is 0 Å². The zero-order valence-electron chi connectivity index (χ0n) is 6.40. The van der Waals surface area contributed by atoms with Crippen LogP contribution in [0.3, 0.4) is 0 Å². The summed E-state index contributed by atoms with van der Waals surface area (Å²) < 4.78 is 0. The van der Waals surface area contributed by atoms with Gasteiger partial charge < -0.3 is 5.32 Å². The Labute approximate surface area is 69.3 Å². The molecule has 1 saturated heterocycles. The molecule has 1 aliphatic heterocycles. The van der Waals surface area contributed by atoms with Gasteiger partial charge in [-0.15, -0.1) is 0 Å². The predicted molar refractivity (Wildman–Crippen MR) is 40.2 cm³/mol. The van der Waals surface area contributed by atoms with Crippen molar-refractivity contribution in [3.63, 3.8) is 0 Å². The van der Waals surface area contributed by atoms with Crippen LogP contribution >= 0.6 is 0 Å². The van der Waals surface area contributed by atoms with E-state index >= 15 is 0 Å². The van der Waals surface area contributed by atoms with E-state index in [2.05, 4.69) is 20.3 Å². The fourth-order valence-corrected chi connectivity index (χ4v) is 1.25. The molecule has 1 aliphatic rings. The standard InChI is InChI=1S/C7H8N4O/c12-6-1-5(2-9-6)7-10-3-8-4-11-7/h3-5H,1-2H2,(H,9,12). The molecule has 0 aromatic carbocycles. The Morgan fingerprint density at radius 1 is 1.42 bits per heavy atom. The Balaban J connectivity index is 2.16. The smallest absolute Gasteiger partial charge is 0.220 e. The van der Waals surface area contributed by atoms with Gasteiger partial charge in [-0.05, 0) is 0 Å². The van der Waals surface area contributed by atoms with E-state index in [-0.39, 0.29) is 11.8 Å². The molecule has 0 saturated carbocycles. The van der Waals surface area contributed by atoms with Gasteiger partial charge in [0.1, 0.15) is 18.5 Å². The summed E-state index contributed by atoms with van der Waals surface area (Å²) in [6.07, 6.45) is 3.39. The zero-order chi connectivity index (χ0) is 8.39. The number of hydrogen-bond donors (Lipinski definition) is 1. The number of aromatic nitrogens is 3. The molecule has 1 aromatic rings. The van der Waals surface area contributed by atoms with Crippen LogP contribution in [0.4, 0.5) is 0 Å². The topological polar surface area (TPSA) is 67.8 Å². The van der Waals surface area contributed by atoms with E-state index in [4.69, 9.17) is 0 Å². The van der Waals surface area contributed by atoms with Crippen LogP contribution in [0.15, 0.2) is 12.7 Å². The van der Waals surface area contributed by atoms with Crippen molar-refractivity contribution < 1.29 is 4.79 Å². The monoisotopic (exact) mass is 164 g/mol. The maximum Gasteiger partial charge on any atom is 0.220 e. The highest BCUT2D eigenvalue weighted by Crippen LogP contribution is 2.17. The zero-order valence-corrected chi connectivity index (χ0v) is 6.40. The minimum atomic E-state index is 0.0698. The lowest BCUT2D eigenvalue weighted by molar-refractivity contribution is -0.119. The highest BCUT2D eigenvalue weighted by atomic mass is 16.1. The fraction of sp³-hybridized carbons (Fsp3) is 0.429. The van der Waals surface area contributed by atoms with Gasteiger partial charge in [0.05, 0.1) is 0 Å². The van der Waals surface area contributed by atoms with Crippen molar-refractivity contribution in [3.05, 3.63) is 18.5 Å². The molecule has 2 heterocycles. The van der Waals surface area contributed by atoms with E-state index in [1.165, 1.54) is 12.7 Å². The van der Waals surface area contributed by atoms with E-state index in [0.29, 0.717) is 18.8 Å². The van der Waals surface area contributed by atoms with Crippen molar-refractivity contribution in [2.75, 3.05) is 6.54 Å². The third-order valence-electron chi connectivity index (χ3n) is 1.86. The van der Waals surface area contributed by atoms with Crippen LogP contribution in [0.5, 0.6) is 0 Å². The van der Waals surface area contributed by atoms with Gasteiger partial charge in [0.25, 0.3) is 0 Å². The summed E-state index contributed by atoms with van der Waals surface area (Å²) in [6, 6.07) is 0. The third-order valence-corrected chi connectivity index (χ3v) is 1.86. The van der Waals surface area contributed by atoms with E-state index in [1.54, 1.807) is 0 Å². The van der Waals surface area contributed by atoms with Crippen LogP contribution in [-0.4, -0.2) is 27.4 Å². The fourth-order valence-electron chi connectivity index (χ4n) is 1.25. The minimum absolute atomic E-state index is 0.0698. The summed E-state index contributed by atoms with van der Waals surface area (Å²) in [7, 11) is 0. The number of nitrogens with zero attached hydrogens (tertiary/aromatic N) is 3. The molecule has 1 unspecified atom stereocenters. The molecule has 1 fully saturated rings. The average molecular weight is 164 g/mol. The summed E-state index contributed by atoms with van der Waals surface area (Å²) >= 11 is 0. The van der Waals surface area contributed by atoms with Crippen LogP contribution in [0, 0.1) is 0 Å². The molecular weight excluding hydrogens is 156 g/mol. The molecule has 0 aliphatic carbocycles. The molecule has 1 atom stereocenters. The van der Waals surface area contributed by atoms with Crippen molar-refractivity contribution in [2.45, 2.75) is 12.3 Å². The lowest BCUT2D eigenvalue weighted by atomic mass is 10.1. The van der Waals surface area contributed by atoms with Gasteiger partial charge in [-0.25, -0.2) is 15.0 Å². The lowest BCUT2D eigenvalue weighted by Gasteiger charge is -2.02. The van der Waals surface area contributed by atoms with Crippen molar-refractivity contribution in [2.24, 2.45) is 0 Å². The predicted octanol–water partition coefficient (Wildman–Crippen LogP) is -0.525. The molecule has 1 amide bonds. The van der Waals surface area contributed by atoms with Gasteiger partial charge in [-0.2, -0.15) is 0 Å². The van der Waals surface area contributed by atoms with Gasteiger partial charge in [0.15, 0.2) is 0 Å². The molecule has 12 heavy (non-hydrogen) atoms. The summed E-state index contributed by atoms with van der Waals surface area (Å²) in [5.74, 6) is 0.893. The van der Waals surface area contributed by atoms with E-state index in [0.717, 1.165) is 0 Å². The molecule has 0 spiro atoms. The second-order valence-electron chi connectivity index (χ2n) is 2.70. The number of rotatable bonds is 1. The number of hydrogen-bond acceptors (Lipinski definition) is 4. The van der Waals surface area contributed by atoms with Gasteiger partial charge in [0, 0.05) is 18.9 Å². The van der Waals surface area contributed by atoms with Gasteiger partial charge >= 0.3 is 0 Å². The molecule has 2 rings (SSSR count). The molecule has 1 N–H and O–H groups in total. The van der Waals surface area contributed by atoms with Crippen molar-refractivity contribution in [1.29, 1.82) is 0 Å². The first-order valence-electron chi connectivity index (χ1n) is 3.75. The molecule has 0 radical (unpaired) electrons. The molecular formula is C7H8N4O. The second kappa shape index (κ2) is 2.84. The Morgan fingerprint density at radius 3 is 2.75 bits per heavy atom. The van der Waals surface area contributed by atoms with Gasteiger partial charge in [-0.1, -0.05) is 0 Å². The Morgan fingerprint density at radius 2 is 2.17 bits per heavy atom. The summed E-state index contributed by atoms with van der Waals surface area (Å²) in [6.45, 7) is 0.642. The van der Waals surface area contributed by atoms with Crippen LogP contribution in [0.2, 0.25) is 0 Å². The highest BCUT2D eigenvalue weighted by Gasteiger charge is 2.24. The minimum Gasteiger partial charge on any atom is -0.355 e. The number of carbonyl (C=O) groups is 1. The molecule has 0 bridgehead atoms. The first kappa shape index (κ1) is 7.15. The van der Waals surface area contributed by atoms with Gasteiger partial charge in [-0.3, -0.25) is 4.79 Å². The Bertz CT molecular complexity index is 287. The summed E-state index contributed by atoms with van der Waals surface area (Å²) in [5.41, 5.74) is 0. The van der Waals surface area contributed by atoms with Crippen LogP contribution in [0.1, 0.15) is 18.2 Å². The maximum absolute atomic E-state index is 10.8. The normalized spacial score (nSPS) is 22.3. The molecule has 1 aromatic heterocycles. The quantitative estimate of drug-likeness (QED) is 0.606. The molecule has 5 nitrogen and oxygen atoms in total. The first-order valence-corrected chi connectivity index (χ1v) is 3.75. The van der Waals surface area contributed by atoms with Crippen LogP contribution < -0.4 is 5.32 Å². The third kappa shape index (κ3) is 1.25. The van der Waals surface area contributed by atoms with Gasteiger partial charge in [0.2, 0.25) is 5.91 Å². The summed E-state index contributed by atoms with van der Waals surface area (Å²) in [5, 5.41) is 2.73. The molecule has 62 valence electrons. The first-order chi connectivity index (χ1) is 5.86. The second-order valence-corrected chi connectivity index (χ2v) is 2.70. The number of nitrogens with one attached hydrogen (secondary N) is 1. The van der Waals surface area contributed by atoms with Crippen molar-refractivity contribution >= 4 is 5.91 Å². The molecule has 5 heteroatoms. The largest absolute Gasteiger partial charge is 0.355 e. The Hall–Kier alpha value is -1.52. The average Bonchev–Trinajstić information content (AvgIpc) is 2.54. The maximum atomic E-state index is 10.8. The van der Waals surface area contributed by atoms with Crippen molar-refractivity contribution in [3.8, 4) is 0 Å². The summed E-state index contributed by atoms with van der Waals surface area (Å²) in [4.78, 5) is 22.5. The van der Waals surface area contributed by atoms with Crippen LogP contribution in [-0.2, 0) is 4.79 Å². The van der Waals surface area contributed by atoms with Crippen LogP contribution in [0.25, 0.3) is 0 Å². The van der Waals surface area contributed by atoms with E-state index in [1.807, 2.05) is 0 Å². The number of amides is 1. The lowest BCUT2D eigenvalue weighted by Crippen LogP contribution is -2.14. The Kier molecular flexibility index (Phi) is 1.69. The van der Waals surface area contributed by atoms with E-state index in [9.17, 15) is 4.79 Å². The highest BCUT2D eigenvalue weighted by molar-refractivity contribution is 5.79. The van der Waals surface area contributed by atoms with Crippen molar-refractivity contribution in [1.82, 2.24) is 20.3 Å². The number of carbonyl (C=O) groups excluding carboxylic acids is 1.